The average molecular weight is 272 g/mol. The predicted molar refractivity (Wildman–Crippen MR) is 70.5 cm³/mol. The summed E-state index contributed by atoms with van der Waals surface area (Å²) < 4.78 is 38.7. The number of anilines is 1. The van der Waals surface area contributed by atoms with Gasteiger partial charge in [0.25, 0.3) is 0 Å². The molecule has 1 heterocycles. The highest BCUT2D eigenvalue weighted by Gasteiger charge is 2.32. The number of nitrogens with one attached hydrogen (secondary N) is 1. The second-order valence-corrected chi connectivity index (χ2v) is 4.94. The zero-order chi connectivity index (χ0) is 13.9. The molecule has 0 bridgehead atoms. The van der Waals surface area contributed by atoms with Crippen LogP contribution in [-0.4, -0.2) is 26.2 Å². The van der Waals surface area contributed by atoms with Crippen LogP contribution in [0, 0.1) is 6.92 Å². The van der Waals surface area contributed by atoms with Gasteiger partial charge in [0, 0.05) is 18.8 Å². The Morgan fingerprint density at radius 1 is 1.11 bits per heavy atom. The van der Waals surface area contributed by atoms with Crippen LogP contribution in [0.3, 0.4) is 0 Å². The minimum absolute atomic E-state index is 0.282. The molecule has 0 aliphatic carbocycles. The third-order valence-electron chi connectivity index (χ3n) is 3.45. The van der Waals surface area contributed by atoms with Gasteiger partial charge in [0.15, 0.2) is 0 Å². The van der Waals surface area contributed by atoms with Gasteiger partial charge in [0.1, 0.15) is 0 Å². The quantitative estimate of drug-likeness (QED) is 0.844. The summed E-state index contributed by atoms with van der Waals surface area (Å²) in [5.41, 5.74) is 0.440. The van der Waals surface area contributed by atoms with Crippen molar-refractivity contribution in [2.75, 3.05) is 31.1 Å². The highest BCUT2D eigenvalue weighted by Crippen LogP contribution is 2.34. The van der Waals surface area contributed by atoms with E-state index in [1.165, 1.54) is 13.0 Å². The molecule has 0 amide bonds. The zero-order valence-corrected chi connectivity index (χ0v) is 11.1. The van der Waals surface area contributed by atoms with Crippen molar-refractivity contribution in [2.24, 2.45) is 0 Å². The molecule has 19 heavy (non-hydrogen) atoms. The van der Waals surface area contributed by atoms with Crippen molar-refractivity contribution in [3.05, 3.63) is 29.3 Å². The van der Waals surface area contributed by atoms with Crippen LogP contribution in [0.25, 0.3) is 0 Å². The van der Waals surface area contributed by atoms with E-state index in [1.54, 1.807) is 12.1 Å². The van der Waals surface area contributed by atoms with Gasteiger partial charge in [-0.25, -0.2) is 0 Å². The molecule has 1 aromatic carbocycles. The van der Waals surface area contributed by atoms with Crippen LogP contribution in [-0.2, 0) is 6.18 Å². The fourth-order valence-corrected chi connectivity index (χ4v) is 2.40. The minimum atomic E-state index is -4.27. The van der Waals surface area contributed by atoms with Crippen LogP contribution in [0.1, 0.15) is 24.0 Å². The fourth-order valence-electron chi connectivity index (χ4n) is 2.40. The van der Waals surface area contributed by atoms with Crippen LogP contribution in [0.5, 0.6) is 0 Å². The SMILES string of the molecule is Cc1ccc(N2CCCNCCC2)cc1C(F)(F)F. The molecule has 1 fully saturated rings. The molecule has 0 spiro atoms. The van der Waals surface area contributed by atoms with Gasteiger partial charge >= 0.3 is 6.18 Å². The van der Waals surface area contributed by atoms with Crippen LogP contribution >= 0.6 is 0 Å². The Bertz CT molecular complexity index is 421. The summed E-state index contributed by atoms with van der Waals surface area (Å²) in [6, 6.07) is 4.64. The molecule has 0 radical (unpaired) electrons. The van der Waals surface area contributed by atoms with Gasteiger partial charge in [-0.15, -0.1) is 0 Å². The molecular formula is C14H19F3N2. The van der Waals surface area contributed by atoms with Crippen molar-refractivity contribution in [3.8, 4) is 0 Å². The normalized spacial score (nSPS) is 18.0. The van der Waals surface area contributed by atoms with Crippen molar-refractivity contribution >= 4 is 5.69 Å². The first-order chi connectivity index (χ1) is 8.98. The maximum absolute atomic E-state index is 12.9. The minimum Gasteiger partial charge on any atom is -0.371 e. The smallest absolute Gasteiger partial charge is 0.371 e. The van der Waals surface area contributed by atoms with E-state index >= 15 is 0 Å². The second kappa shape index (κ2) is 5.82. The number of rotatable bonds is 1. The van der Waals surface area contributed by atoms with Gasteiger partial charge in [-0.3, -0.25) is 0 Å². The Morgan fingerprint density at radius 2 is 1.74 bits per heavy atom. The van der Waals surface area contributed by atoms with Crippen LogP contribution in [0.2, 0.25) is 0 Å². The van der Waals surface area contributed by atoms with E-state index < -0.39 is 11.7 Å². The molecule has 1 aliphatic rings. The lowest BCUT2D eigenvalue weighted by molar-refractivity contribution is -0.138. The van der Waals surface area contributed by atoms with Gasteiger partial charge in [-0.1, -0.05) is 6.07 Å². The number of hydrogen-bond acceptors (Lipinski definition) is 2. The molecule has 1 aliphatic heterocycles. The molecular weight excluding hydrogens is 253 g/mol. The Morgan fingerprint density at radius 3 is 2.32 bits per heavy atom. The summed E-state index contributed by atoms with van der Waals surface area (Å²) in [4.78, 5) is 2.05. The van der Waals surface area contributed by atoms with Crippen molar-refractivity contribution in [2.45, 2.75) is 25.9 Å². The average Bonchev–Trinajstić information content (AvgIpc) is 2.28. The third-order valence-corrected chi connectivity index (χ3v) is 3.45. The fraction of sp³-hybridized carbons (Fsp3) is 0.571. The van der Waals surface area contributed by atoms with E-state index in [-0.39, 0.29) is 5.56 Å². The first kappa shape index (κ1) is 14.2. The number of hydrogen-bond donors (Lipinski definition) is 1. The Balaban J connectivity index is 2.23. The highest BCUT2D eigenvalue weighted by molar-refractivity contribution is 5.51. The van der Waals surface area contributed by atoms with Gasteiger partial charge < -0.3 is 10.2 Å². The van der Waals surface area contributed by atoms with E-state index in [0.717, 1.165) is 39.0 Å². The molecule has 1 saturated heterocycles. The van der Waals surface area contributed by atoms with Crippen LogP contribution < -0.4 is 10.2 Å². The van der Waals surface area contributed by atoms with Crippen LogP contribution in [0.4, 0.5) is 18.9 Å². The summed E-state index contributed by atoms with van der Waals surface area (Å²) in [5, 5.41) is 3.30. The van der Waals surface area contributed by atoms with E-state index in [4.69, 9.17) is 0 Å². The molecule has 0 unspecified atom stereocenters. The maximum atomic E-state index is 12.9. The Kier molecular flexibility index (Phi) is 4.34. The van der Waals surface area contributed by atoms with E-state index in [9.17, 15) is 13.2 Å². The molecule has 1 N–H and O–H groups in total. The monoisotopic (exact) mass is 272 g/mol. The van der Waals surface area contributed by atoms with E-state index in [1.807, 2.05) is 0 Å². The molecule has 106 valence electrons. The lowest BCUT2D eigenvalue weighted by atomic mass is 10.1. The predicted octanol–water partition coefficient (Wildman–Crippen LogP) is 3.20. The maximum Gasteiger partial charge on any atom is 0.416 e. The number of nitrogens with zero attached hydrogens (tertiary/aromatic N) is 1. The van der Waals surface area contributed by atoms with Gasteiger partial charge in [-0.2, -0.15) is 13.2 Å². The van der Waals surface area contributed by atoms with Gasteiger partial charge in [-0.05, 0) is 50.6 Å². The topological polar surface area (TPSA) is 15.3 Å². The Labute approximate surface area is 111 Å². The van der Waals surface area contributed by atoms with Crippen molar-refractivity contribution in [1.82, 2.24) is 5.32 Å². The lowest BCUT2D eigenvalue weighted by Gasteiger charge is -2.28. The molecule has 0 atom stereocenters. The summed E-state index contributed by atoms with van der Waals surface area (Å²) >= 11 is 0. The van der Waals surface area contributed by atoms with Gasteiger partial charge in [0.2, 0.25) is 0 Å². The van der Waals surface area contributed by atoms with Crippen molar-refractivity contribution < 1.29 is 13.2 Å². The number of alkyl halides is 3. The Hall–Kier alpha value is -1.23. The standard InChI is InChI=1S/C14H19F3N2/c1-11-4-5-12(10-13(11)14(15,16)17)19-8-2-6-18-7-3-9-19/h4-5,10,18H,2-3,6-9H2,1H3. The molecule has 0 aromatic heterocycles. The summed E-state index contributed by atoms with van der Waals surface area (Å²) in [6.45, 7) is 4.95. The molecule has 1 aromatic rings. The largest absolute Gasteiger partial charge is 0.416 e. The first-order valence-electron chi connectivity index (χ1n) is 6.62. The molecule has 0 saturated carbocycles. The van der Waals surface area contributed by atoms with Gasteiger partial charge in [0.05, 0.1) is 5.56 Å². The number of benzene rings is 1. The molecule has 2 nitrogen and oxygen atoms in total. The first-order valence-corrected chi connectivity index (χ1v) is 6.62. The van der Waals surface area contributed by atoms with E-state index in [2.05, 4.69) is 10.2 Å². The lowest BCUT2D eigenvalue weighted by Crippen LogP contribution is -2.34. The summed E-state index contributed by atoms with van der Waals surface area (Å²) in [6.07, 6.45) is -2.37. The third kappa shape index (κ3) is 3.62. The summed E-state index contributed by atoms with van der Waals surface area (Å²) in [7, 11) is 0. The summed E-state index contributed by atoms with van der Waals surface area (Å²) in [5.74, 6) is 0. The molecule has 2 rings (SSSR count). The van der Waals surface area contributed by atoms with Crippen LogP contribution in [0.15, 0.2) is 18.2 Å². The molecule has 5 heteroatoms. The number of aryl methyl sites for hydroxylation is 1. The highest BCUT2D eigenvalue weighted by atomic mass is 19.4. The zero-order valence-electron chi connectivity index (χ0n) is 11.1. The van der Waals surface area contributed by atoms with Crippen molar-refractivity contribution in [1.29, 1.82) is 0 Å². The second-order valence-electron chi connectivity index (χ2n) is 4.94. The number of halogens is 3. The van der Waals surface area contributed by atoms with E-state index in [0.29, 0.717) is 5.69 Å². The van der Waals surface area contributed by atoms with Crippen molar-refractivity contribution in [3.63, 3.8) is 0 Å².